The Kier molecular flexibility index (Phi) is 3.93. The van der Waals surface area contributed by atoms with Crippen LogP contribution in [-0.4, -0.2) is 16.6 Å². The molecule has 1 aromatic carbocycles. The summed E-state index contributed by atoms with van der Waals surface area (Å²) in [6.45, 7) is 0. The van der Waals surface area contributed by atoms with Crippen LogP contribution in [0.25, 0.3) is 0 Å². The number of benzene rings is 1. The first-order chi connectivity index (χ1) is 6.15. The van der Waals surface area contributed by atoms with Crippen LogP contribution in [0.4, 0.5) is 0 Å². The van der Waals surface area contributed by atoms with Gasteiger partial charge >= 0.3 is 0 Å². The minimum absolute atomic E-state index is 0.00246. The van der Waals surface area contributed by atoms with Crippen molar-refractivity contribution in [3.8, 4) is 5.75 Å². The summed E-state index contributed by atoms with van der Waals surface area (Å²) in [5.74, 6) is 0.750. The minimum Gasteiger partial charge on any atom is -0.497 e. The summed E-state index contributed by atoms with van der Waals surface area (Å²) < 4.78 is 4.65. The van der Waals surface area contributed by atoms with Crippen molar-refractivity contribution in [2.75, 3.05) is 7.11 Å². The van der Waals surface area contributed by atoms with E-state index in [0.717, 1.165) is 5.75 Å². The van der Waals surface area contributed by atoms with Crippen molar-refractivity contribution in [1.29, 1.82) is 0 Å². The molecule has 0 N–H and O–H groups in total. The molecule has 4 heteroatoms. The van der Waals surface area contributed by atoms with Gasteiger partial charge in [0.15, 0.2) is 5.78 Å². The topological polar surface area (TPSA) is 26.3 Å². The fourth-order valence-electron chi connectivity index (χ4n) is 0.881. The maximum Gasteiger partial charge on any atom is 0.187 e. The molecule has 70 valence electrons. The van der Waals surface area contributed by atoms with Gasteiger partial charge in [0.1, 0.15) is 9.49 Å². The Bertz CT molecular complexity index is 293. The Balaban J connectivity index is 2.86. The highest BCUT2D eigenvalue weighted by Crippen LogP contribution is 2.18. The number of alkyl halides is 2. The second-order valence-electron chi connectivity index (χ2n) is 2.39. The molecule has 0 unspecified atom stereocenters. The number of ketones is 1. The summed E-state index contributed by atoms with van der Waals surface area (Å²) in [7, 11) is 1.59. The first kappa shape index (κ1) is 10.7. The molecule has 0 aliphatic carbocycles. The monoisotopic (exact) mass is 306 g/mol. The summed E-state index contributed by atoms with van der Waals surface area (Å²) in [5, 5.41) is 0. The number of halogens is 2. The highest BCUT2D eigenvalue weighted by molar-refractivity contribution is 9.25. The number of hydrogen-bond acceptors (Lipinski definition) is 2. The average Bonchev–Trinajstić information content (AvgIpc) is 2.17. The molecule has 0 atom stereocenters. The van der Waals surface area contributed by atoms with Gasteiger partial charge in [-0.25, -0.2) is 0 Å². The molecule has 0 aliphatic rings. The van der Waals surface area contributed by atoms with Crippen LogP contribution < -0.4 is 4.74 Å². The third kappa shape index (κ3) is 2.81. The lowest BCUT2D eigenvalue weighted by Crippen LogP contribution is -2.06. The zero-order valence-corrected chi connectivity index (χ0v) is 10.1. The van der Waals surface area contributed by atoms with Crippen molar-refractivity contribution >= 4 is 37.6 Å². The van der Waals surface area contributed by atoms with Gasteiger partial charge in [0.25, 0.3) is 0 Å². The van der Waals surface area contributed by atoms with E-state index in [2.05, 4.69) is 31.9 Å². The quantitative estimate of drug-likeness (QED) is 0.634. The molecule has 0 aliphatic heterocycles. The van der Waals surface area contributed by atoms with Gasteiger partial charge in [0.2, 0.25) is 0 Å². The van der Waals surface area contributed by atoms with E-state index in [-0.39, 0.29) is 9.52 Å². The molecule has 0 bridgehead atoms. The molecule has 0 radical (unpaired) electrons. The van der Waals surface area contributed by atoms with Crippen LogP contribution in [0.15, 0.2) is 24.3 Å². The van der Waals surface area contributed by atoms with Gasteiger partial charge in [-0.15, -0.1) is 0 Å². The average molecular weight is 308 g/mol. The minimum atomic E-state index is -0.326. The third-order valence-corrected chi connectivity index (χ3v) is 2.40. The van der Waals surface area contributed by atoms with Gasteiger partial charge in [-0.3, -0.25) is 4.79 Å². The van der Waals surface area contributed by atoms with Gasteiger partial charge < -0.3 is 4.74 Å². The van der Waals surface area contributed by atoms with Crippen molar-refractivity contribution in [1.82, 2.24) is 0 Å². The van der Waals surface area contributed by atoms with E-state index < -0.39 is 0 Å². The molecular formula is C9H8Br2O2. The predicted molar refractivity (Wildman–Crippen MR) is 59.0 cm³/mol. The number of ether oxygens (including phenoxy) is 1. The molecule has 0 heterocycles. The van der Waals surface area contributed by atoms with E-state index in [1.54, 1.807) is 31.4 Å². The predicted octanol–water partition coefficient (Wildman–Crippen LogP) is 2.99. The summed E-state index contributed by atoms with van der Waals surface area (Å²) in [4.78, 5) is 11.4. The summed E-state index contributed by atoms with van der Waals surface area (Å²) >= 11 is 6.30. The molecule has 0 saturated heterocycles. The van der Waals surface area contributed by atoms with Crippen molar-refractivity contribution < 1.29 is 9.53 Å². The number of carbonyl (C=O) groups is 1. The van der Waals surface area contributed by atoms with Crippen LogP contribution in [0.3, 0.4) is 0 Å². The lowest BCUT2D eigenvalue weighted by molar-refractivity contribution is 0.101. The molecule has 0 fully saturated rings. The van der Waals surface area contributed by atoms with Crippen molar-refractivity contribution in [3.63, 3.8) is 0 Å². The Hall–Kier alpha value is -0.350. The van der Waals surface area contributed by atoms with Crippen LogP contribution in [-0.2, 0) is 0 Å². The largest absolute Gasteiger partial charge is 0.497 e. The zero-order chi connectivity index (χ0) is 9.84. The van der Waals surface area contributed by atoms with E-state index in [0.29, 0.717) is 5.56 Å². The fraction of sp³-hybridized carbons (Fsp3) is 0.222. The Morgan fingerprint density at radius 1 is 1.31 bits per heavy atom. The molecule has 13 heavy (non-hydrogen) atoms. The van der Waals surface area contributed by atoms with E-state index >= 15 is 0 Å². The zero-order valence-electron chi connectivity index (χ0n) is 6.96. The van der Waals surface area contributed by atoms with Crippen molar-refractivity contribution in [3.05, 3.63) is 29.8 Å². The SMILES string of the molecule is COc1ccc(C(=O)C(Br)Br)cc1. The Labute approximate surface area is 93.5 Å². The third-order valence-electron chi connectivity index (χ3n) is 1.57. The second kappa shape index (κ2) is 4.77. The van der Waals surface area contributed by atoms with Gasteiger partial charge in [0.05, 0.1) is 7.11 Å². The highest BCUT2D eigenvalue weighted by atomic mass is 79.9. The normalized spacial score (nSPS) is 10.2. The molecule has 0 spiro atoms. The van der Waals surface area contributed by atoms with Crippen LogP contribution in [0, 0.1) is 0 Å². The molecule has 2 nitrogen and oxygen atoms in total. The lowest BCUT2D eigenvalue weighted by Gasteiger charge is -2.02. The fourth-order valence-corrected chi connectivity index (χ4v) is 1.41. The summed E-state index contributed by atoms with van der Waals surface area (Å²) in [6.07, 6.45) is 0. The molecule has 0 saturated carbocycles. The number of rotatable bonds is 3. The van der Waals surface area contributed by atoms with Gasteiger partial charge in [-0.05, 0) is 24.3 Å². The number of carbonyl (C=O) groups excluding carboxylic acids is 1. The van der Waals surface area contributed by atoms with Crippen molar-refractivity contribution in [2.45, 2.75) is 3.74 Å². The van der Waals surface area contributed by atoms with E-state index in [1.807, 2.05) is 0 Å². The maximum atomic E-state index is 11.4. The lowest BCUT2D eigenvalue weighted by atomic mass is 10.1. The number of Topliss-reactive ketones (excluding diaryl/α,β-unsaturated/α-hetero) is 1. The molecule has 1 aromatic rings. The van der Waals surface area contributed by atoms with Crippen LogP contribution in [0.1, 0.15) is 10.4 Å². The van der Waals surface area contributed by atoms with Crippen molar-refractivity contribution in [2.24, 2.45) is 0 Å². The van der Waals surface area contributed by atoms with Gasteiger partial charge in [-0.2, -0.15) is 0 Å². The summed E-state index contributed by atoms with van der Waals surface area (Å²) in [5.41, 5.74) is 0.652. The molecule has 0 aromatic heterocycles. The summed E-state index contributed by atoms with van der Waals surface area (Å²) in [6, 6.07) is 6.98. The van der Waals surface area contributed by atoms with E-state index in [9.17, 15) is 4.79 Å². The van der Waals surface area contributed by atoms with Crippen LogP contribution in [0.5, 0.6) is 5.75 Å². The molecule has 0 amide bonds. The number of hydrogen-bond donors (Lipinski definition) is 0. The van der Waals surface area contributed by atoms with Gasteiger partial charge in [0, 0.05) is 5.56 Å². The van der Waals surface area contributed by atoms with Crippen LogP contribution >= 0.6 is 31.9 Å². The first-order valence-corrected chi connectivity index (χ1v) is 5.44. The Morgan fingerprint density at radius 3 is 2.23 bits per heavy atom. The second-order valence-corrected chi connectivity index (χ2v) is 5.45. The van der Waals surface area contributed by atoms with Crippen LogP contribution in [0.2, 0.25) is 0 Å². The van der Waals surface area contributed by atoms with E-state index in [1.165, 1.54) is 0 Å². The smallest absolute Gasteiger partial charge is 0.187 e. The van der Waals surface area contributed by atoms with E-state index in [4.69, 9.17) is 4.74 Å². The Morgan fingerprint density at radius 2 is 1.85 bits per heavy atom. The standard InChI is InChI=1S/C9H8Br2O2/c1-13-7-4-2-6(3-5-7)8(12)9(10)11/h2-5,9H,1H3. The van der Waals surface area contributed by atoms with Gasteiger partial charge in [-0.1, -0.05) is 31.9 Å². The molecule has 1 rings (SSSR count). The maximum absolute atomic E-state index is 11.4. The molecular weight excluding hydrogens is 300 g/mol. The number of methoxy groups -OCH3 is 1. The first-order valence-electron chi connectivity index (χ1n) is 3.61. The highest BCUT2D eigenvalue weighted by Gasteiger charge is 2.12.